The van der Waals surface area contributed by atoms with Crippen molar-refractivity contribution in [3.05, 3.63) is 18.0 Å². The average Bonchev–Trinajstić information content (AvgIpc) is 3.36. The van der Waals surface area contributed by atoms with Crippen LogP contribution in [0, 0.1) is 5.92 Å². The molecule has 0 aliphatic heterocycles. The maximum absolute atomic E-state index is 12.4. The number of hydrogen-bond acceptors (Lipinski definition) is 3. The third kappa shape index (κ3) is 3.87. The van der Waals surface area contributed by atoms with Crippen LogP contribution >= 0.6 is 0 Å². The van der Waals surface area contributed by atoms with Gasteiger partial charge in [-0.1, -0.05) is 6.92 Å². The predicted octanol–water partition coefficient (Wildman–Crippen LogP) is 2.01. The maximum Gasteiger partial charge on any atom is 0.242 e. The summed E-state index contributed by atoms with van der Waals surface area (Å²) in [5.41, 5.74) is 1.08. The van der Waals surface area contributed by atoms with Crippen molar-refractivity contribution in [2.45, 2.75) is 56.5 Å². The van der Waals surface area contributed by atoms with Crippen molar-refractivity contribution in [1.82, 2.24) is 14.6 Å². The van der Waals surface area contributed by atoms with Crippen LogP contribution in [0.4, 0.5) is 0 Å². The summed E-state index contributed by atoms with van der Waals surface area (Å²) in [6.07, 6.45) is 7.51. The molecule has 2 N–H and O–H groups in total. The van der Waals surface area contributed by atoms with Gasteiger partial charge in [-0.15, -0.1) is 0 Å². The van der Waals surface area contributed by atoms with Crippen molar-refractivity contribution in [3.63, 3.8) is 0 Å². The Morgan fingerprint density at radius 3 is 2.67 bits per heavy atom. The summed E-state index contributed by atoms with van der Waals surface area (Å²) < 4.78 is 29.6. The third-order valence-electron chi connectivity index (χ3n) is 4.15. The van der Waals surface area contributed by atoms with Gasteiger partial charge in [0.05, 0.1) is 4.90 Å². The lowest BCUT2D eigenvalue weighted by atomic mass is 10.4. The second-order valence-electron chi connectivity index (χ2n) is 6.28. The quantitative estimate of drug-likeness (QED) is 0.686. The van der Waals surface area contributed by atoms with Gasteiger partial charge in [0.2, 0.25) is 10.0 Å². The monoisotopic (exact) mass is 311 g/mol. The molecule has 0 bridgehead atoms. The Balaban J connectivity index is 1.73. The second kappa shape index (κ2) is 6.10. The van der Waals surface area contributed by atoms with Crippen molar-refractivity contribution >= 4 is 10.0 Å². The number of nitrogens with zero attached hydrogens (tertiary/aromatic N) is 1. The molecule has 6 heteroatoms. The summed E-state index contributed by atoms with van der Waals surface area (Å²) in [6, 6.07) is 2.33. The van der Waals surface area contributed by atoms with Crippen molar-refractivity contribution in [1.29, 1.82) is 0 Å². The van der Waals surface area contributed by atoms with Crippen LogP contribution in [0.1, 0.15) is 50.8 Å². The first-order valence-electron chi connectivity index (χ1n) is 8.01. The molecule has 0 radical (unpaired) electrons. The molecule has 3 rings (SSSR count). The molecule has 118 valence electrons. The summed E-state index contributed by atoms with van der Waals surface area (Å²) in [6.45, 7) is 4.41. The third-order valence-corrected chi connectivity index (χ3v) is 5.54. The van der Waals surface area contributed by atoms with Crippen LogP contribution in [0.25, 0.3) is 0 Å². The van der Waals surface area contributed by atoms with E-state index in [9.17, 15) is 8.42 Å². The average molecular weight is 311 g/mol. The highest BCUT2D eigenvalue weighted by Gasteiger charge is 2.29. The molecule has 0 spiro atoms. The van der Waals surface area contributed by atoms with Gasteiger partial charge in [0.15, 0.2) is 0 Å². The Hall–Kier alpha value is -0.850. The van der Waals surface area contributed by atoms with E-state index in [4.69, 9.17) is 0 Å². The number of nitrogens with one attached hydrogen (secondary N) is 2. The molecule has 0 amide bonds. The SMILES string of the molecule is CCCNCc1cc(S(=O)(=O)NCC2CC2)cn1C1CC1. The van der Waals surface area contributed by atoms with Crippen molar-refractivity contribution in [3.8, 4) is 0 Å². The Morgan fingerprint density at radius 2 is 2.05 bits per heavy atom. The van der Waals surface area contributed by atoms with Crippen molar-refractivity contribution in [2.24, 2.45) is 5.92 Å². The van der Waals surface area contributed by atoms with Crippen LogP contribution < -0.4 is 10.0 Å². The molecule has 2 aliphatic rings. The Kier molecular flexibility index (Phi) is 4.38. The van der Waals surface area contributed by atoms with E-state index in [1.807, 2.05) is 12.3 Å². The minimum absolute atomic E-state index is 0.420. The topological polar surface area (TPSA) is 63.1 Å². The Bertz CT molecular complexity index is 586. The van der Waals surface area contributed by atoms with Gasteiger partial charge in [-0.25, -0.2) is 13.1 Å². The minimum atomic E-state index is -3.35. The molecule has 0 unspecified atom stereocenters. The normalized spacial score (nSPS) is 19.1. The fraction of sp³-hybridized carbons (Fsp3) is 0.733. The number of hydrogen-bond donors (Lipinski definition) is 2. The Morgan fingerprint density at radius 1 is 1.29 bits per heavy atom. The maximum atomic E-state index is 12.4. The highest BCUT2D eigenvalue weighted by atomic mass is 32.2. The summed E-state index contributed by atoms with van der Waals surface area (Å²) in [5.74, 6) is 0.552. The molecule has 21 heavy (non-hydrogen) atoms. The van der Waals surface area contributed by atoms with Crippen molar-refractivity contribution in [2.75, 3.05) is 13.1 Å². The van der Waals surface area contributed by atoms with E-state index in [0.717, 1.165) is 50.9 Å². The largest absolute Gasteiger partial charge is 0.346 e. The van der Waals surface area contributed by atoms with Gasteiger partial charge in [-0.05, 0) is 50.6 Å². The molecule has 2 aliphatic carbocycles. The van der Waals surface area contributed by atoms with E-state index in [-0.39, 0.29) is 0 Å². The first-order valence-corrected chi connectivity index (χ1v) is 9.49. The predicted molar refractivity (Wildman–Crippen MR) is 82.6 cm³/mol. The van der Waals surface area contributed by atoms with Crippen LogP contribution in [0.15, 0.2) is 17.2 Å². The molecular formula is C15H25N3O2S. The molecule has 1 aromatic rings. The lowest BCUT2D eigenvalue weighted by Crippen LogP contribution is -2.25. The van der Waals surface area contributed by atoms with E-state index in [2.05, 4.69) is 21.5 Å². The molecule has 0 atom stereocenters. The first-order chi connectivity index (χ1) is 10.1. The van der Waals surface area contributed by atoms with Crippen LogP contribution in [-0.4, -0.2) is 26.1 Å². The molecule has 0 saturated heterocycles. The van der Waals surface area contributed by atoms with Gasteiger partial charge in [0, 0.05) is 31.0 Å². The van der Waals surface area contributed by atoms with Gasteiger partial charge < -0.3 is 9.88 Å². The smallest absolute Gasteiger partial charge is 0.242 e. The zero-order chi connectivity index (χ0) is 14.9. The highest BCUT2D eigenvalue weighted by molar-refractivity contribution is 7.89. The Labute approximate surface area is 127 Å². The summed E-state index contributed by atoms with van der Waals surface area (Å²) in [4.78, 5) is 0.420. The van der Waals surface area contributed by atoms with Gasteiger partial charge >= 0.3 is 0 Å². The standard InChI is InChI=1S/C15H25N3O2S/c1-2-7-16-10-14-8-15(11-18(14)13-5-6-13)21(19,20)17-9-12-3-4-12/h8,11-13,16-17H,2-7,9-10H2,1H3. The van der Waals surface area contributed by atoms with E-state index < -0.39 is 10.0 Å². The zero-order valence-corrected chi connectivity index (χ0v) is 13.5. The molecular weight excluding hydrogens is 286 g/mol. The van der Waals surface area contributed by atoms with Crippen LogP contribution in [0.5, 0.6) is 0 Å². The number of sulfonamides is 1. The van der Waals surface area contributed by atoms with Crippen LogP contribution in [0.2, 0.25) is 0 Å². The molecule has 1 heterocycles. The summed E-state index contributed by atoms with van der Waals surface area (Å²) in [5, 5.41) is 3.36. The van der Waals surface area contributed by atoms with Gasteiger partial charge in [0.25, 0.3) is 0 Å². The summed E-state index contributed by atoms with van der Waals surface area (Å²) >= 11 is 0. The van der Waals surface area contributed by atoms with Gasteiger partial charge in [-0.2, -0.15) is 0 Å². The van der Waals surface area contributed by atoms with E-state index >= 15 is 0 Å². The molecule has 0 aromatic carbocycles. The molecule has 2 saturated carbocycles. The van der Waals surface area contributed by atoms with Crippen LogP contribution in [-0.2, 0) is 16.6 Å². The van der Waals surface area contributed by atoms with Crippen LogP contribution in [0.3, 0.4) is 0 Å². The molecule has 1 aromatic heterocycles. The molecule has 5 nitrogen and oxygen atoms in total. The number of rotatable bonds is 9. The summed E-state index contributed by atoms with van der Waals surface area (Å²) in [7, 11) is -3.35. The van der Waals surface area contributed by atoms with Gasteiger partial charge in [0.1, 0.15) is 0 Å². The lowest BCUT2D eigenvalue weighted by Gasteiger charge is -2.07. The second-order valence-corrected chi connectivity index (χ2v) is 8.04. The van der Waals surface area contributed by atoms with E-state index in [0.29, 0.717) is 23.4 Å². The number of aromatic nitrogens is 1. The lowest BCUT2D eigenvalue weighted by molar-refractivity contribution is 0.577. The fourth-order valence-corrected chi connectivity index (χ4v) is 3.67. The van der Waals surface area contributed by atoms with E-state index in [1.165, 1.54) is 0 Å². The zero-order valence-electron chi connectivity index (χ0n) is 12.6. The molecule has 2 fully saturated rings. The fourth-order valence-electron chi connectivity index (χ4n) is 2.50. The minimum Gasteiger partial charge on any atom is -0.346 e. The first kappa shape index (κ1) is 15.1. The van der Waals surface area contributed by atoms with Crippen molar-refractivity contribution < 1.29 is 8.42 Å². The van der Waals surface area contributed by atoms with Gasteiger partial charge in [-0.3, -0.25) is 0 Å². The van der Waals surface area contributed by atoms with E-state index in [1.54, 1.807) is 0 Å². The highest BCUT2D eigenvalue weighted by Crippen LogP contribution is 2.37.